The molecular weight excluding hydrogens is 258 g/mol. The Morgan fingerprint density at radius 3 is 2.95 bits per heavy atom. The molecule has 106 valence electrons. The van der Waals surface area contributed by atoms with Gasteiger partial charge in [-0.05, 0) is 36.4 Å². The Hall–Kier alpha value is -0.800. The first-order valence-electron chi connectivity index (χ1n) is 7.16. The Labute approximate surface area is 121 Å². The maximum absolute atomic E-state index is 6.23. The highest BCUT2D eigenvalue weighted by Gasteiger charge is 2.20. The number of hydrogen-bond donors (Lipinski definition) is 1. The van der Waals surface area contributed by atoms with Crippen molar-refractivity contribution in [3.05, 3.63) is 22.8 Å². The van der Waals surface area contributed by atoms with Crippen LogP contribution in [0.25, 0.3) is 0 Å². The van der Waals surface area contributed by atoms with Crippen LogP contribution in [0.5, 0.6) is 0 Å². The van der Waals surface area contributed by atoms with Crippen molar-refractivity contribution in [1.29, 1.82) is 0 Å². The largest absolute Gasteiger partial charge is 0.356 e. The van der Waals surface area contributed by atoms with Crippen molar-refractivity contribution < 1.29 is 0 Å². The molecule has 19 heavy (non-hydrogen) atoms. The summed E-state index contributed by atoms with van der Waals surface area (Å²) in [6.45, 7) is 10.7. The van der Waals surface area contributed by atoms with Crippen LogP contribution in [-0.4, -0.2) is 24.6 Å². The van der Waals surface area contributed by atoms with Crippen molar-refractivity contribution in [1.82, 2.24) is 10.3 Å². The predicted molar refractivity (Wildman–Crippen MR) is 81.8 cm³/mol. The second-order valence-corrected chi connectivity index (χ2v) is 6.41. The van der Waals surface area contributed by atoms with E-state index in [4.69, 9.17) is 11.6 Å². The number of halogens is 1. The highest BCUT2D eigenvalue weighted by atomic mass is 35.5. The first-order chi connectivity index (χ1) is 9.06. The minimum Gasteiger partial charge on any atom is -0.356 e. The number of pyridine rings is 1. The number of nitrogens with one attached hydrogen (secondary N) is 1. The lowest BCUT2D eigenvalue weighted by Crippen LogP contribution is -2.22. The van der Waals surface area contributed by atoms with Crippen LogP contribution in [0.2, 0.25) is 5.02 Å². The summed E-state index contributed by atoms with van der Waals surface area (Å²) in [5.41, 5.74) is 1.15. The molecule has 0 spiro atoms. The van der Waals surface area contributed by atoms with Crippen molar-refractivity contribution >= 4 is 17.4 Å². The number of nitrogens with zero attached hydrogens (tertiary/aromatic N) is 2. The molecule has 1 aliphatic rings. The highest BCUT2D eigenvalue weighted by Crippen LogP contribution is 2.25. The fourth-order valence-corrected chi connectivity index (χ4v) is 2.58. The van der Waals surface area contributed by atoms with E-state index in [2.05, 4.69) is 42.0 Å². The second-order valence-electron chi connectivity index (χ2n) is 6.00. The van der Waals surface area contributed by atoms with Gasteiger partial charge < -0.3 is 10.2 Å². The zero-order valence-corrected chi connectivity index (χ0v) is 12.9. The average Bonchev–Trinajstić information content (AvgIpc) is 2.78. The zero-order chi connectivity index (χ0) is 13.8. The Kier molecular flexibility index (Phi) is 5.06. The molecule has 2 rings (SSSR count). The van der Waals surface area contributed by atoms with Gasteiger partial charge in [0.15, 0.2) is 0 Å². The van der Waals surface area contributed by atoms with E-state index in [0.717, 1.165) is 48.5 Å². The van der Waals surface area contributed by atoms with Crippen LogP contribution < -0.4 is 10.2 Å². The fraction of sp³-hybridized carbons (Fsp3) is 0.667. The summed E-state index contributed by atoms with van der Waals surface area (Å²) < 4.78 is 0. The molecule has 4 heteroatoms. The first kappa shape index (κ1) is 14.6. The summed E-state index contributed by atoms with van der Waals surface area (Å²) in [6, 6.07) is 2.13. The van der Waals surface area contributed by atoms with E-state index in [9.17, 15) is 0 Å². The van der Waals surface area contributed by atoms with E-state index in [1.165, 1.54) is 6.42 Å². The molecule has 1 aliphatic heterocycles. The van der Waals surface area contributed by atoms with E-state index >= 15 is 0 Å². The van der Waals surface area contributed by atoms with E-state index in [1.807, 2.05) is 0 Å². The average molecular weight is 282 g/mol. The third kappa shape index (κ3) is 4.08. The third-order valence-electron chi connectivity index (χ3n) is 3.54. The molecule has 0 aliphatic carbocycles. The molecule has 0 bridgehead atoms. The molecule has 3 nitrogen and oxygen atoms in total. The fourth-order valence-electron chi connectivity index (χ4n) is 2.41. The Morgan fingerprint density at radius 2 is 2.32 bits per heavy atom. The van der Waals surface area contributed by atoms with E-state index in [1.54, 1.807) is 6.20 Å². The van der Waals surface area contributed by atoms with Gasteiger partial charge in [0.25, 0.3) is 0 Å². The highest BCUT2D eigenvalue weighted by molar-refractivity contribution is 6.31. The Bertz CT molecular complexity index is 420. The summed E-state index contributed by atoms with van der Waals surface area (Å²) in [4.78, 5) is 6.82. The van der Waals surface area contributed by atoms with Crippen LogP contribution >= 0.6 is 11.6 Å². The van der Waals surface area contributed by atoms with Gasteiger partial charge in [-0.15, -0.1) is 0 Å². The first-order valence-corrected chi connectivity index (χ1v) is 7.54. The van der Waals surface area contributed by atoms with Crippen LogP contribution in [0, 0.1) is 11.8 Å². The molecule has 1 aromatic rings. The molecule has 1 atom stereocenters. The minimum atomic E-state index is 0.652. The predicted octanol–water partition coefficient (Wildman–Crippen LogP) is 3.33. The topological polar surface area (TPSA) is 28.2 Å². The zero-order valence-electron chi connectivity index (χ0n) is 12.1. The van der Waals surface area contributed by atoms with Gasteiger partial charge in [-0.2, -0.15) is 0 Å². The SMILES string of the molecule is CC(C)CNCc1cc(N2CCC(C)C2)ncc1Cl. The van der Waals surface area contributed by atoms with Crippen molar-refractivity contribution in [3.8, 4) is 0 Å². The number of hydrogen-bond acceptors (Lipinski definition) is 3. The maximum atomic E-state index is 6.23. The molecule has 0 saturated carbocycles. The standard InChI is InChI=1S/C15H24ClN3/c1-11(2)7-17-8-13-6-15(18-9-14(13)16)19-5-4-12(3)10-19/h6,9,11-12,17H,4-5,7-8,10H2,1-3H3. The summed E-state index contributed by atoms with van der Waals surface area (Å²) in [5.74, 6) is 2.48. The van der Waals surface area contributed by atoms with Crippen molar-refractivity contribution in [3.63, 3.8) is 0 Å². The van der Waals surface area contributed by atoms with Gasteiger partial charge in [0.1, 0.15) is 5.82 Å². The molecule has 0 aromatic carbocycles. The lowest BCUT2D eigenvalue weighted by atomic mass is 10.2. The van der Waals surface area contributed by atoms with Crippen molar-refractivity contribution in [2.75, 3.05) is 24.5 Å². The monoisotopic (exact) mass is 281 g/mol. The Balaban J connectivity index is 2.02. The molecule has 1 fully saturated rings. The number of aromatic nitrogens is 1. The van der Waals surface area contributed by atoms with Crippen LogP contribution in [0.4, 0.5) is 5.82 Å². The Morgan fingerprint density at radius 1 is 1.53 bits per heavy atom. The van der Waals surface area contributed by atoms with E-state index < -0.39 is 0 Å². The summed E-state index contributed by atoms with van der Waals surface area (Å²) >= 11 is 6.23. The van der Waals surface area contributed by atoms with Crippen LogP contribution in [0.3, 0.4) is 0 Å². The van der Waals surface area contributed by atoms with Crippen molar-refractivity contribution in [2.24, 2.45) is 11.8 Å². The lowest BCUT2D eigenvalue weighted by Gasteiger charge is -2.18. The lowest BCUT2D eigenvalue weighted by molar-refractivity contribution is 0.552. The van der Waals surface area contributed by atoms with Gasteiger partial charge in [0.2, 0.25) is 0 Å². The van der Waals surface area contributed by atoms with E-state index in [0.29, 0.717) is 5.92 Å². The molecule has 0 amide bonds. The van der Waals surface area contributed by atoms with Crippen LogP contribution in [0.15, 0.2) is 12.3 Å². The van der Waals surface area contributed by atoms with Crippen molar-refractivity contribution in [2.45, 2.75) is 33.7 Å². The third-order valence-corrected chi connectivity index (χ3v) is 3.88. The maximum Gasteiger partial charge on any atom is 0.128 e. The minimum absolute atomic E-state index is 0.652. The van der Waals surface area contributed by atoms with Gasteiger partial charge in [-0.3, -0.25) is 0 Å². The molecule has 1 unspecified atom stereocenters. The normalized spacial score (nSPS) is 19.4. The smallest absolute Gasteiger partial charge is 0.128 e. The summed E-state index contributed by atoms with van der Waals surface area (Å²) in [7, 11) is 0. The van der Waals surface area contributed by atoms with Gasteiger partial charge in [-0.1, -0.05) is 32.4 Å². The summed E-state index contributed by atoms with van der Waals surface area (Å²) in [5, 5.41) is 4.19. The molecule has 2 heterocycles. The van der Waals surface area contributed by atoms with Gasteiger partial charge >= 0.3 is 0 Å². The molecular formula is C15H24ClN3. The quantitative estimate of drug-likeness (QED) is 0.897. The molecule has 0 radical (unpaired) electrons. The van der Waals surface area contributed by atoms with Crippen LogP contribution in [0.1, 0.15) is 32.8 Å². The second kappa shape index (κ2) is 6.58. The van der Waals surface area contributed by atoms with Gasteiger partial charge in [0.05, 0.1) is 5.02 Å². The number of rotatable bonds is 5. The van der Waals surface area contributed by atoms with E-state index in [-0.39, 0.29) is 0 Å². The molecule has 1 N–H and O–H groups in total. The summed E-state index contributed by atoms with van der Waals surface area (Å²) in [6.07, 6.45) is 3.04. The van der Waals surface area contributed by atoms with Gasteiger partial charge in [-0.25, -0.2) is 4.98 Å². The number of anilines is 1. The van der Waals surface area contributed by atoms with Crippen LogP contribution in [-0.2, 0) is 6.54 Å². The molecule has 1 aromatic heterocycles. The molecule has 1 saturated heterocycles. The van der Waals surface area contributed by atoms with Gasteiger partial charge in [0, 0.05) is 25.8 Å².